The van der Waals surface area contributed by atoms with Crippen LogP contribution in [0.3, 0.4) is 0 Å². The number of hydrogen-bond acceptors (Lipinski definition) is 6. The Bertz CT molecular complexity index is 1430. The molecule has 7 heteroatoms. The lowest BCUT2D eigenvalue weighted by Crippen LogP contribution is -2.38. The van der Waals surface area contributed by atoms with Crippen molar-refractivity contribution in [1.82, 2.24) is 4.90 Å². The number of ether oxygens (including phenoxy) is 2. The van der Waals surface area contributed by atoms with E-state index in [-0.39, 0.29) is 11.9 Å². The van der Waals surface area contributed by atoms with Crippen LogP contribution in [-0.4, -0.2) is 31.6 Å². The van der Waals surface area contributed by atoms with E-state index in [9.17, 15) is 9.59 Å². The first-order valence-corrected chi connectivity index (χ1v) is 11.3. The summed E-state index contributed by atoms with van der Waals surface area (Å²) in [7, 11) is 3.23. The van der Waals surface area contributed by atoms with Crippen LogP contribution in [-0.2, 0) is 6.42 Å². The van der Waals surface area contributed by atoms with E-state index >= 15 is 0 Å². The van der Waals surface area contributed by atoms with Gasteiger partial charge in [-0.15, -0.1) is 11.3 Å². The smallest absolute Gasteiger partial charge is 0.345 e. The highest BCUT2D eigenvalue weighted by atomic mass is 32.1. The second-order valence-corrected chi connectivity index (χ2v) is 9.13. The summed E-state index contributed by atoms with van der Waals surface area (Å²) in [5.41, 5.74) is 3.39. The fraction of sp³-hybridized carbons (Fsp3) is 0.280. The largest absolute Gasteiger partial charge is 0.493 e. The minimum Gasteiger partial charge on any atom is -0.493 e. The third-order valence-electron chi connectivity index (χ3n) is 6.19. The lowest BCUT2D eigenvalue weighted by molar-refractivity contribution is 0.0682. The molecule has 164 valence electrons. The quantitative estimate of drug-likeness (QED) is 0.408. The number of nitrogens with zero attached hydrogens (tertiary/aromatic N) is 1. The number of benzene rings is 2. The van der Waals surface area contributed by atoms with Crippen LogP contribution >= 0.6 is 11.3 Å². The molecule has 0 spiro atoms. The molecular formula is C25H23NO5S. The van der Waals surface area contributed by atoms with Crippen LogP contribution in [0.25, 0.3) is 21.1 Å². The number of thiophene rings is 1. The first kappa shape index (κ1) is 20.6. The molecule has 1 aliphatic rings. The Labute approximate surface area is 189 Å². The van der Waals surface area contributed by atoms with Crippen molar-refractivity contribution in [1.29, 1.82) is 0 Å². The molecule has 2 aromatic carbocycles. The summed E-state index contributed by atoms with van der Waals surface area (Å²) in [5, 5.41) is 1.31. The number of carbonyl (C=O) groups excluding carboxylic acids is 1. The molecule has 1 amide bonds. The first-order valence-electron chi connectivity index (χ1n) is 10.4. The molecule has 0 radical (unpaired) electrons. The van der Waals surface area contributed by atoms with Gasteiger partial charge >= 0.3 is 5.63 Å². The zero-order chi connectivity index (χ0) is 22.6. The Morgan fingerprint density at radius 2 is 1.84 bits per heavy atom. The van der Waals surface area contributed by atoms with Crippen LogP contribution in [0.15, 0.2) is 45.6 Å². The van der Waals surface area contributed by atoms with Crippen LogP contribution in [0.5, 0.6) is 11.5 Å². The van der Waals surface area contributed by atoms with Crippen LogP contribution in [0.1, 0.15) is 39.3 Å². The Morgan fingerprint density at radius 3 is 2.59 bits per heavy atom. The van der Waals surface area contributed by atoms with Crippen LogP contribution < -0.4 is 15.1 Å². The topological polar surface area (TPSA) is 69.0 Å². The summed E-state index contributed by atoms with van der Waals surface area (Å²) in [4.78, 5) is 28.5. The molecule has 0 N–H and O–H groups in total. The van der Waals surface area contributed by atoms with Gasteiger partial charge in [0.05, 0.1) is 35.2 Å². The van der Waals surface area contributed by atoms with Crippen LogP contribution in [0, 0.1) is 6.92 Å². The Hall–Kier alpha value is -3.32. The van der Waals surface area contributed by atoms with Crippen molar-refractivity contribution in [3.05, 3.63) is 68.4 Å². The lowest BCUT2D eigenvalue weighted by Gasteiger charge is -2.35. The Morgan fingerprint density at radius 1 is 1.09 bits per heavy atom. The normalized spacial score (nSPS) is 15.8. The molecule has 0 saturated heterocycles. The molecule has 5 rings (SSSR count). The maximum Gasteiger partial charge on any atom is 0.345 e. The first-order chi connectivity index (χ1) is 15.4. The van der Waals surface area contributed by atoms with Gasteiger partial charge < -0.3 is 18.8 Å². The monoisotopic (exact) mass is 449 g/mol. The van der Waals surface area contributed by atoms with E-state index in [0.717, 1.165) is 33.2 Å². The van der Waals surface area contributed by atoms with Crippen LogP contribution in [0.4, 0.5) is 0 Å². The maximum atomic E-state index is 13.5. The van der Waals surface area contributed by atoms with Gasteiger partial charge in [0.25, 0.3) is 5.91 Å². The van der Waals surface area contributed by atoms with Gasteiger partial charge in [-0.05, 0) is 61.7 Å². The highest BCUT2D eigenvalue weighted by Crippen LogP contribution is 2.39. The molecule has 0 fully saturated rings. The number of amides is 1. The minimum absolute atomic E-state index is 0.0839. The summed E-state index contributed by atoms with van der Waals surface area (Å²) >= 11 is 1.35. The Balaban J connectivity index is 1.56. The second-order valence-electron chi connectivity index (χ2n) is 8.07. The van der Waals surface area contributed by atoms with Crippen LogP contribution in [0.2, 0.25) is 0 Å². The summed E-state index contributed by atoms with van der Waals surface area (Å²) < 4.78 is 17.2. The molecule has 2 aromatic heterocycles. The van der Waals surface area contributed by atoms with Gasteiger partial charge in [-0.25, -0.2) is 4.79 Å². The van der Waals surface area contributed by atoms with Gasteiger partial charge in [-0.3, -0.25) is 4.79 Å². The number of methoxy groups -OCH3 is 2. The predicted molar refractivity (Wildman–Crippen MR) is 125 cm³/mol. The van der Waals surface area contributed by atoms with E-state index < -0.39 is 5.63 Å². The number of hydrogen-bond donors (Lipinski definition) is 0. The van der Waals surface area contributed by atoms with Gasteiger partial charge in [0, 0.05) is 11.9 Å². The fourth-order valence-corrected chi connectivity index (χ4v) is 5.60. The molecular weight excluding hydrogens is 426 g/mol. The molecule has 0 unspecified atom stereocenters. The number of carbonyl (C=O) groups is 1. The summed E-state index contributed by atoms with van der Waals surface area (Å²) in [5.74, 6) is 1.25. The van der Waals surface area contributed by atoms with E-state index in [1.807, 2.05) is 43.0 Å². The highest BCUT2D eigenvalue weighted by Gasteiger charge is 2.31. The number of aryl methyl sites for hydroxylation is 1. The van der Waals surface area contributed by atoms with E-state index in [2.05, 4.69) is 0 Å². The molecule has 3 heterocycles. The number of fused-ring (bicyclic) bond motifs is 4. The fourth-order valence-electron chi connectivity index (χ4n) is 4.48. The van der Waals surface area contributed by atoms with Crippen molar-refractivity contribution >= 4 is 38.3 Å². The Kier molecular flexibility index (Phi) is 4.93. The molecule has 32 heavy (non-hydrogen) atoms. The SMILES string of the molecule is COc1cc2c(cc1OC)[C@H](C)N(C(=O)c1cc3c(=O)oc4ccc(C)cc4c3s1)CC2. The van der Waals surface area contributed by atoms with Crippen molar-refractivity contribution in [2.45, 2.75) is 26.3 Å². The molecule has 6 nitrogen and oxygen atoms in total. The summed E-state index contributed by atoms with van der Waals surface area (Å²) in [6.45, 7) is 4.60. The van der Waals surface area contributed by atoms with E-state index in [1.165, 1.54) is 11.3 Å². The van der Waals surface area contributed by atoms with E-state index in [4.69, 9.17) is 13.9 Å². The zero-order valence-electron chi connectivity index (χ0n) is 18.4. The van der Waals surface area contributed by atoms with Crippen molar-refractivity contribution in [2.24, 2.45) is 0 Å². The molecule has 4 aromatic rings. The third kappa shape index (κ3) is 3.15. The molecule has 1 atom stereocenters. The molecule has 1 aliphatic heterocycles. The number of rotatable bonds is 3. The second kappa shape index (κ2) is 7.67. The van der Waals surface area contributed by atoms with Gasteiger partial charge in [0.15, 0.2) is 11.5 Å². The van der Waals surface area contributed by atoms with Gasteiger partial charge in [0.2, 0.25) is 0 Å². The standard InChI is InChI=1S/C25H23NO5S/c1-13-5-6-19-17(9-13)23-18(25(28)31-19)12-22(32-23)24(27)26-8-7-15-10-20(29-3)21(30-4)11-16(15)14(26)2/h5-6,9-12,14H,7-8H2,1-4H3/t14-/m0/s1. The molecule has 0 aliphatic carbocycles. The predicted octanol–water partition coefficient (Wildman–Crippen LogP) is 5.09. The van der Waals surface area contributed by atoms with Crippen molar-refractivity contribution in [3.8, 4) is 11.5 Å². The van der Waals surface area contributed by atoms with Gasteiger partial charge in [-0.2, -0.15) is 0 Å². The molecule has 0 saturated carbocycles. The third-order valence-corrected chi connectivity index (χ3v) is 7.35. The molecule has 0 bridgehead atoms. The summed E-state index contributed by atoms with van der Waals surface area (Å²) in [6.07, 6.45) is 0.723. The average Bonchev–Trinajstić information content (AvgIpc) is 3.25. The lowest BCUT2D eigenvalue weighted by atomic mass is 9.92. The minimum atomic E-state index is -0.416. The van der Waals surface area contributed by atoms with Gasteiger partial charge in [-0.1, -0.05) is 11.6 Å². The maximum absolute atomic E-state index is 13.5. The highest BCUT2D eigenvalue weighted by molar-refractivity contribution is 7.21. The van der Waals surface area contributed by atoms with Crippen molar-refractivity contribution < 1.29 is 18.7 Å². The average molecular weight is 450 g/mol. The van der Waals surface area contributed by atoms with Gasteiger partial charge in [0.1, 0.15) is 5.58 Å². The van der Waals surface area contributed by atoms with E-state index in [1.54, 1.807) is 26.4 Å². The van der Waals surface area contributed by atoms with Crippen molar-refractivity contribution in [3.63, 3.8) is 0 Å². The summed E-state index contributed by atoms with van der Waals surface area (Å²) in [6, 6.07) is 11.2. The zero-order valence-corrected chi connectivity index (χ0v) is 19.2. The van der Waals surface area contributed by atoms with Crippen molar-refractivity contribution in [2.75, 3.05) is 20.8 Å². The van der Waals surface area contributed by atoms with E-state index in [0.29, 0.717) is 33.9 Å².